The lowest BCUT2D eigenvalue weighted by Crippen LogP contribution is -2.02. The summed E-state index contributed by atoms with van der Waals surface area (Å²) >= 11 is 0. The van der Waals surface area contributed by atoms with E-state index in [1.165, 1.54) is 0 Å². The summed E-state index contributed by atoms with van der Waals surface area (Å²) in [6.07, 6.45) is 5.42. The number of nitrogens with two attached hydrogens (primary N) is 1. The molecule has 0 bridgehead atoms. The van der Waals surface area contributed by atoms with Gasteiger partial charge in [0.1, 0.15) is 0 Å². The van der Waals surface area contributed by atoms with Crippen LogP contribution in [0.2, 0.25) is 0 Å². The molecule has 1 aromatic heterocycles. The molecule has 6 heteroatoms. The average molecular weight is 277 g/mol. The molecule has 0 unspecified atom stereocenters. The van der Waals surface area contributed by atoms with Gasteiger partial charge in [0.2, 0.25) is 0 Å². The summed E-state index contributed by atoms with van der Waals surface area (Å²) < 4.78 is 25.2. The van der Waals surface area contributed by atoms with Gasteiger partial charge in [-0.15, -0.1) is 0 Å². The van der Waals surface area contributed by atoms with Gasteiger partial charge in [-0.05, 0) is 31.0 Å². The van der Waals surface area contributed by atoms with Crippen LogP contribution < -0.4 is 5.73 Å². The first-order chi connectivity index (χ1) is 8.95. The Labute approximate surface area is 112 Å². The summed E-state index contributed by atoms with van der Waals surface area (Å²) in [6.45, 7) is 0. The van der Waals surface area contributed by atoms with Crippen molar-refractivity contribution in [2.24, 2.45) is 0 Å². The molecular weight excluding hydrogens is 262 g/mol. The lowest BCUT2D eigenvalue weighted by Gasteiger charge is -2.05. The third-order valence-corrected chi connectivity index (χ3v) is 4.39. The van der Waals surface area contributed by atoms with Gasteiger partial charge in [0.05, 0.1) is 22.3 Å². The number of benzene rings is 1. The molecule has 1 aliphatic rings. The monoisotopic (exact) mass is 277 g/mol. The first-order valence-corrected chi connectivity index (χ1v) is 7.99. The highest BCUT2D eigenvalue weighted by atomic mass is 32.2. The van der Waals surface area contributed by atoms with Crippen LogP contribution in [0.4, 0.5) is 5.69 Å². The van der Waals surface area contributed by atoms with Gasteiger partial charge in [-0.25, -0.2) is 8.42 Å². The molecule has 3 rings (SSSR count). The van der Waals surface area contributed by atoms with E-state index in [9.17, 15) is 8.42 Å². The van der Waals surface area contributed by atoms with Gasteiger partial charge in [0.15, 0.2) is 9.84 Å². The Morgan fingerprint density at radius 3 is 2.68 bits per heavy atom. The van der Waals surface area contributed by atoms with E-state index in [4.69, 9.17) is 5.73 Å². The molecule has 5 nitrogen and oxygen atoms in total. The van der Waals surface area contributed by atoms with Crippen LogP contribution in [0, 0.1) is 0 Å². The Balaban J connectivity index is 2.04. The van der Waals surface area contributed by atoms with Crippen LogP contribution in [0.1, 0.15) is 18.9 Å². The van der Waals surface area contributed by atoms with Crippen LogP contribution in [0.15, 0.2) is 35.4 Å². The lowest BCUT2D eigenvalue weighted by molar-refractivity contribution is 0.602. The van der Waals surface area contributed by atoms with Gasteiger partial charge >= 0.3 is 0 Å². The number of nitrogens with zero attached hydrogens (tertiary/aromatic N) is 2. The van der Waals surface area contributed by atoms with Crippen molar-refractivity contribution in [2.75, 3.05) is 12.0 Å². The van der Waals surface area contributed by atoms with Crippen LogP contribution in [-0.4, -0.2) is 24.5 Å². The minimum Gasteiger partial charge on any atom is -0.398 e. The minimum atomic E-state index is -3.32. The normalized spacial score (nSPS) is 15.6. The summed E-state index contributed by atoms with van der Waals surface area (Å²) in [5.41, 5.74) is 7.53. The summed E-state index contributed by atoms with van der Waals surface area (Å²) in [5, 5.41) is 4.48. The van der Waals surface area contributed by atoms with Gasteiger partial charge in [-0.3, -0.25) is 4.68 Å². The Kier molecular flexibility index (Phi) is 2.63. The second-order valence-corrected chi connectivity index (χ2v) is 6.92. The third-order valence-electron chi connectivity index (χ3n) is 3.24. The largest absolute Gasteiger partial charge is 0.398 e. The molecule has 1 fully saturated rings. The Morgan fingerprint density at radius 2 is 2.05 bits per heavy atom. The van der Waals surface area contributed by atoms with Crippen molar-refractivity contribution in [3.05, 3.63) is 30.5 Å². The van der Waals surface area contributed by atoms with Gasteiger partial charge in [0.25, 0.3) is 0 Å². The molecule has 0 aliphatic heterocycles. The van der Waals surface area contributed by atoms with E-state index in [0.29, 0.717) is 6.04 Å². The Hall–Kier alpha value is -1.82. The van der Waals surface area contributed by atoms with Crippen molar-refractivity contribution >= 4 is 15.5 Å². The predicted molar refractivity (Wildman–Crippen MR) is 73.5 cm³/mol. The molecule has 1 aliphatic carbocycles. The molecule has 0 saturated heterocycles. The van der Waals surface area contributed by atoms with E-state index >= 15 is 0 Å². The maximum atomic E-state index is 11.7. The second kappa shape index (κ2) is 4.09. The molecule has 1 aromatic carbocycles. The first-order valence-electron chi connectivity index (χ1n) is 6.10. The van der Waals surface area contributed by atoms with Crippen molar-refractivity contribution in [1.82, 2.24) is 9.78 Å². The number of hydrogen-bond acceptors (Lipinski definition) is 4. The maximum absolute atomic E-state index is 11.7. The molecule has 0 radical (unpaired) electrons. The van der Waals surface area contributed by atoms with Crippen LogP contribution >= 0.6 is 0 Å². The first kappa shape index (κ1) is 12.2. The minimum absolute atomic E-state index is 0.158. The summed E-state index contributed by atoms with van der Waals surface area (Å²) in [7, 11) is -3.32. The zero-order chi connectivity index (χ0) is 13.6. The molecule has 1 saturated carbocycles. The molecule has 1 heterocycles. The standard InChI is InChI=1S/C13H15N3O2S/c1-19(17,18)13-8-9(2-5-11(13)14)12-6-7-16(15-12)10-3-4-10/h2,5-8,10H,3-4,14H2,1H3. The van der Waals surface area contributed by atoms with E-state index in [2.05, 4.69) is 5.10 Å². The fraction of sp³-hybridized carbons (Fsp3) is 0.308. The topological polar surface area (TPSA) is 78.0 Å². The van der Waals surface area contributed by atoms with Crippen molar-refractivity contribution < 1.29 is 8.42 Å². The summed E-state index contributed by atoms with van der Waals surface area (Å²) in [4.78, 5) is 0.158. The summed E-state index contributed by atoms with van der Waals surface area (Å²) in [6, 6.07) is 7.41. The molecule has 100 valence electrons. The van der Waals surface area contributed by atoms with Gasteiger partial charge in [0, 0.05) is 18.0 Å². The summed E-state index contributed by atoms with van der Waals surface area (Å²) in [5.74, 6) is 0. The predicted octanol–water partition coefficient (Wildman–Crippen LogP) is 1.87. The van der Waals surface area contributed by atoms with Gasteiger partial charge < -0.3 is 5.73 Å². The van der Waals surface area contributed by atoms with Crippen molar-refractivity contribution in [3.8, 4) is 11.3 Å². The van der Waals surface area contributed by atoms with Crippen LogP contribution in [0.5, 0.6) is 0 Å². The molecule has 0 spiro atoms. The number of nitrogen functional groups attached to an aromatic ring is 1. The van der Waals surface area contributed by atoms with Crippen LogP contribution in [0.3, 0.4) is 0 Å². The quantitative estimate of drug-likeness (QED) is 0.869. The molecule has 0 atom stereocenters. The van der Waals surface area contributed by atoms with Gasteiger partial charge in [-0.2, -0.15) is 5.10 Å². The zero-order valence-corrected chi connectivity index (χ0v) is 11.4. The molecule has 2 N–H and O–H groups in total. The van der Waals surface area contributed by atoms with Crippen molar-refractivity contribution in [3.63, 3.8) is 0 Å². The van der Waals surface area contributed by atoms with Crippen molar-refractivity contribution in [2.45, 2.75) is 23.8 Å². The SMILES string of the molecule is CS(=O)(=O)c1cc(-c2ccn(C3CC3)n2)ccc1N. The second-order valence-electron chi connectivity index (χ2n) is 4.94. The highest BCUT2D eigenvalue weighted by Gasteiger charge is 2.24. The molecule has 19 heavy (non-hydrogen) atoms. The number of sulfone groups is 1. The van der Waals surface area contributed by atoms with E-state index < -0.39 is 9.84 Å². The van der Waals surface area contributed by atoms with E-state index in [1.807, 2.05) is 16.9 Å². The van der Waals surface area contributed by atoms with Crippen molar-refractivity contribution in [1.29, 1.82) is 0 Å². The fourth-order valence-electron chi connectivity index (χ4n) is 2.05. The fourth-order valence-corrected chi connectivity index (χ4v) is 2.89. The number of aromatic nitrogens is 2. The maximum Gasteiger partial charge on any atom is 0.177 e. The van der Waals surface area contributed by atoms with Crippen LogP contribution in [-0.2, 0) is 9.84 Å². The van der Waals surface area contributed by atoms with E-state index in [0.717, 1.165) is 30.4 Å². The Morgan fingerprint density at radius 1 is 1.32 bits per heavy atom. The zero-order valence-electron chi connectivity index (χ0n) is 10.6. The number of hydrogen-bond donors (Lipinski definition) is 1. The number of rotatable bonds is 3. The van der Waals surface area contributed by atoms with E-state index in [-0.39, 0.29) is 10.6 Å². The van der Waals surface area contributed by atoms with Crippen LogP contribution in [0.25, 0.3) is 11.3 Å². The van der Waals surface area contributed by atoms with Gasteiger partial charge in [-0.1, -0.05) is 6.07 Å². The third kappa shape index (κ3) is 2.35. The molecule has 0 amide bonds. The highest BCUT2D eigenvalue weighted by molar-refractivity contribution is 7.90. The Bertz CT molecular complexity index is 730. The lowest BCUT2D eigenvalue weighted by atomic mass is 10.1. The van der Waals surface area contributed by atoms with E-state index in [1.54, 1.807) is 18.2 Å². The average Bonchev–Trinajstić information content (AvgIpc) is 3.07. The highest BCUT2D eigenvalue weighted by Crippen LogP contribution is 2.35. The molecule has 2 aromatic rings. The molecular formula is C13H15N3O2S. The smallest absolute Gasteiger partial charge is 0.177 e. The number of anilines is 1.